The number of hydrogen-bond donors (Lipinski definition) is 1. The van der Waals surface area contributed by atoms with Crippen molar-refractivity contribution in [2.45, 2.75) is 59.4 Å². The minimum Gasteiger partial charge on any atom is -0.342 e. The Morgan fingerprint density at radius 1 is 1.37 bits per heavy atom. The highest BCUT2D eigenvalue weighted by Gasteiger charge is 2.52. The van der Waals surface area contributed by atoms with Gasteiger partial charge in [0.1, 0.15) is 0 Å². The molecule has 0 aromatic heterocycles. The van der Waals surface area contributed by atoms with Crippen LogP contribution in [0.3, 0.4) is 0 Å². The highest BCUT2D eigenvalue weighted by atomic mass is 16.2. The third-order valence-corrected chi connectivity index (χ3v) is 5.04. The quantitative estimate of drug-likeness (QED) is 0.829. The van der Waals surface area contributed by atoms with Gasteiger partial charge in [0.25, 0.3) is 0 Å². The van der Waals surface area contributed by atoms with E-state index < -0.39 is 0 Å². The first-order valence-electron chi connectivity index (χ1n) is 8.01. The molecule has 1 aliphatic carbocycles. The van der Waals surface area contributed by atoms with E-state index in [0.29, 0.717) is 23.8 Å². The maximum Gasteiger partial charge on any atom is 0.226 e. The van der Waals surface area contributed by atoms with Crippen LogP contribution >= 0.6 is 0 Å². The van der Waals surface area contributed by atoms with Crippen molar-refractivity contribution < 1.29 is 4.79 Å². The first-order chi connectivity index (χ1) is 8.99. The smallest absolute Gasteiger partial charge is 0.226 e. The van der Waals surface area contributed by atoms with Gasteiger partial charge in [-0.15, -0.1) is 0 Å². The lowest BCUT2D eigenvalue weighted by Gasteiger charge is -2.39. The second-order valence-corrected chi connectivity index (χ2v) is 7.05. The van der Waals surface area contributed by atoms with E-state index in [1.165, 1.54) is 12.8 Å². The number of nitrogens with zero attached hydrogens (tertiary/aromatic N) is 1. The number of rotatable bonds is 5. The molecular weight excluding hydrogens is 236 g/mol. The van der Waals surface area contributed by atoms with Gasteiger partial charge in [0.05, 0.1) is 0 Å². The van der Waals surface area contributed by atoms with Crippen LogP contribution in [0.4, 0.5) is 0 Å². The molecule has 0 spiro atoms. The van der Waals surface area contributed by atoms with Gasteiger partial charge in [0.15, 0.2) is 0 Å². The number of nitrogens with one attached hydrogen (secondary N) is 1. The third kappa shape index (κ3) is 3.31. The molecule has 1 saturated heterocycles. The van der Waals surface area contributed by atoms with Gasteiger partial charge in [-0.25, -0.2) is 0 Å². The molecule has 2 fully saturated rings. The molecular formula is C16H30N2O. The Balaban J connectivity index is 1.88. The van der Waals surface area contributed by atoms with Gasteiger partial charge in [-0.3, -0.25) is 4.79 Å². The van der Waals surface area contributed by atoms with Gasteiger partial charge in [-0.2, -0.15) is 0 Å². The van der Waals surface area contributed by atoms with Crippen LogP contribution in [0.25, 0.3) is 0 Å². The summed E-state index contributed by atoms with van der Waals surface area (Å²) in [4.78, 5) is 14.6. The number of likely N-dealkylation sites (tertiary alicyclic amines) is 1. The predicted octanol–water partition coefficient (Wildman–Crippen LogP) is 2.66. The molecule has 1 amide bonds. The van der Waals surface area contributed by atoms with Crippen LogP contribution in [0, 0.1) is 17.3 Å². The second kappa shape index (κ2) is 5.82. The highest BCUT2D eigenvalue weighted by molar-refractivity contribution is 5.82. The maximum atomic E-state index is 12.5. The van der Waals surface area contributed by atoms with Gasteiger partial charge in [-0.05, 0) is 37.1 Å². The molecule has 3 nitrogen and oxygen atoms in total. The molecule has 110 valence electrons. The average molecular weight is 266 g/mol. The Bertz CT molecular complexity index is 327. The number of carbonyl (C=O) groups excluding carboxylic acids is 1. The van der Waals surface area contributed by atoms with Crippen LogP contribution in [0.15, 0.2) is 0 Å². The fourth-order valence-corrected chi connectivity index (χ4v) is 3.35. The molecule has 3 atom stereocenters. The van der Waals surface area contributed by atoms with Crippen LogP contribution in [0.5, 0.6) is 0 Å². The first-order valence-corrected chi connectivity index (χ1v) is 8.01. The summed E-state index contributed by atoms with van der Waals surface area (Å²) in [7, 11) is 0. The molecule has 19 heavy (non-hydrogen) atoms. The molecule has 1 N–H and O–H groups in total. The summed E-state index contributed by atoms with van der Waals surface area (Å²) in [6.07, 6.45) is 4.55. The van der Waals surface area contributed by atoms with E-state index in [-0.39, 0.29) is 5.41 Å². The zero-order valence-corrected chi connectivity index (χ0v) is 13.0. The van der Waals surface area contributed by atoms with Crippen molar-refractivity contribution in [2.24, 2.45) is 17.3 Å². The van der Waals surface area contributed by atoms with Gasteiger partial charge < -0.3 is 10.2 Å². The van der Waals surface area contributed by atoms with Crippen LogP contribution in [-0.2, 0) is 4.79 Å². The number of piperidine rings is 1. The standard InChI is InChI=1S/C16H30N2O/c1-5-8-17-14-7-9-18(11-12(14)6-2)15(19)13-10-16(13,3)4/h12-14,17H,5-11H2,1-4H3. The highest BCUT2D eigenvalue weighted by Crippen LogP contribution is 2.52. The molecule has 3 unspecified atom stereocenters. The molecule has 0 radical (unpaired) electrons. The Labute approximate surface area is 118 Å². The van der Waals surface area contributed by atoms with Gasteiger partial charge in [-0.1, -0.05) is 34.1 Å². The van der Waals surface area contributed by atoms with Crippen molar-refractivity contribution in [3.63, 3.8) is 0 Å². The minimum absolute atomic E-state index is 0.260. The van der Waals surface area contributed by atoms with Crippen LogP contribution < -0.4 is 5.32 Å². The van der Waals surface area contributed by atoms with Gasteiger partial charge >= 0.3 is 0 Å². The topological polar surface area (TPSA) is 32.3 Å². The Kier molecular flexibility index (Phi) is 4.54. The molecule has 2 rings (SSSR count). The molecule has 0 aromatic carbocycles. The van der Waals surface area contributed by atoms with E-state index in [1.54, 1.807) is 0 Å². The molecule has 2 aliphatic rings. The summed E-state index contributed by atoms with van der Waals surface area (Å²) in [5.41, 5.74) is 0.260. The van der Waals surface area contributed by atoms with Gasteiger partial charge in [0.2, 0.25) is 5.91 Å². The summed E-state index contributed by atoms with van der Waals surface area (Å²) < 4.78 is 0. The van der Waals surface area contributed by atoms with E-state index in [0.717, 1.165) is 32.5 Å². The molecule has 1 saturated carbocycles. The summed E-state index contributed by atoms with van der Waals surface area (Å²) >= 11 is 0. The molecule has 0 bridgehead atoms. The summed E-state index contributed by atoms with van der Waals surface area (Å²) in [6.45, 7) is 11.9. The maximum absolute atomic E-state index is 12.5. The summed E-state index contributed by atoms with van der Waals surface area (Å²) in [5.74, 6) is 1.34. The van der Waals surface area contributed by atoms with Crippen molar-refractivity contribution in [1.82, 2.24) is 10.2 Å². The molecule has 1 aliphatic heterocycles. The summed E-state index contributed by atoms with van der Waals surface area (Å²) in [5, 5.41) is 3.65. The van der Waals surface area contributed by atoms with E-state index in [4.69, 9.17) is 0 Å². The Hall–Kier alpha value is -0.570. The van der Waals surface area contributed by atoms with Crippen LogP contribution in [0.1, 0.15) is 53.4 Å². The van der Waals surface area contributed by atoms with Crippen LogP contribution in [-0.4, -0.2) is 36.5 Å². The third-order valence-electron chi connectivity index (χ3n) is 5.04. The fourth-order valence-electron chi connectivity index (χ4n) is 3.35. The lowest BCUT2D eigenvalue weighted by atomic mass is 9.89. The monoisotopic (exact) mass is 266 g/mol. The van der Waals surface area contributed by atoms with E-state index in [2.05, 4.69) is 37.9 Å². The average Bonchev–Trinajstić information content (AvgIpc) is 3.04. The Morgan fingerprint density at radius 3 is 2.58 bits per heavy atom. The van der Waals surface area contributed by atoms with Gasteiger partial charge in [0, 0.05) is 25.0 Å². The summed E-state index contributed by atoms with van der Waals surface area (Å²) in [6, 6.07) is 0.612. The van der Waals surface area contributed by atoms with Crippen LogP contribution in [0.2, 0.25) is 0 Å². The van der Waals surface area contributed by atoms with Crippen molar-refractivity contribution in [3.8, 4) is 0 Å². The first kappa shape index (κ1) is 14.8. The fraction of sp³-hybridized carbons (Fsp3) is 0.938. The van der Waals surface area contributed by atoms with Crippen molar-refractivity contribution >= 4 is 5.91 Å². The lowest BCUT2D eigenvalue weighted by molar-refractivity contribution is -0.135. The zero-order valence-electron chi connectivity index (χ0n) is 13.0. The molecule has 3 heteroatoms. The SMILES string of the molecule is CCCNC1CCN(C(=O)C2CC2(C)C)CC1CC. The van der Waals surface area contributed by atoms with Crippen molar-refractivity contribution in [2.75, 3.05) is 19.6 Å². The lowest BCUT2D eigenvalue weighted by Crippen LogP contribution is -2.51. The van der Waals surface area contributed by atoms with E-state index in [1.807, 2.05) is 0 Å². The molecule has 0 aromatic rings. The predicted molar refractivity (Wildman–Crippen MR) is 78.9 cm³/mol. The van der Waals surface area contributed by atoms with E-state index >= 15 is 0 Å². The van der Waals surface area contributed by atoms with Crippen molar-refractivity contribution in [3.05, 3.63) is 0 Å². The zero-order chi connectivity index (χ0) is 14.0. The second-order valence-electron chi connectivity index (χ2n) is 7.05. The van der Waals surface area contributed by atoms with E-state index in [9.17, 15) is 4.79 Å². The van der Waals surface area contributed by atoms with Crippen molar-refractivity contribution in [1.29, 1.82) is 0 Å². The Morgan fingerprint density at radius 2 is 2.05 bits per heavy atom. The number of hydrogen-bond acceptors (Lipinski definition) is 2. The number of carbonyl (C=O) groups is 1. The minimum atomic E-state index is 0.260. The molecule has 1 heterocycles. The normalized spacial score (nSPS) is 33.3. The largest absolute Gasteiger partial charge is 0.342 e. The number of amides is 1.